The molecule has 1 atom stereocenters. The summed E-state index contributed by atoms with van der Waals surface area (Å²) in [4.78, 5) is 0. The van der Waals surface area contributed by atoms with Crippen LogP contribution in [0.25, 0.3) is 0 Å². The third kappa shape index (κ3) is 12.0. The van der Waals surface area contributed by atoms with Gasteiger partial charge in [0.15, 0.2) is 6.29 Å². The van der Waals surface area contributed by atoms with Crippen molar-refractivity contribution in [3.8, 4) is 0 Å². The molecule has 0 spiro atoms. The summed E-state index contributed by atoms with van der Waals surface area (Å²) in [6, 6.07) is 0. The number of hydrogen-bond donors (Lipinski definition) is 1. The first kappa shape index (κ1) is 22.9. The number of ether oxygens (including phenoxy) is 3. The highest BCUT2D eigenvalue weighted by Gasteiger charge is 2.22. The van der Waals surface area contributed by atoms with Gasteiger partial charge in [-0.3, -0.25) is 0 Å². The van der Waals surface area contributed by atoms with Gasteiger partial charge < -0.3 is 19.3 Å². The van der Waals surface area contributed by atoms with E-state index in [1.165, 1.54) is 19.3 Å². The first-order valence-corrected chi connectivity index (χ1v) is 10.3. The van der Waals surface area contributed by atoms with Crippen molar-refractivity contribution in [1.29, 1.82) is 0 Å². The molecule has 1 fully saturated rings. The van der Waals surface area contributed by atoms with Crippen molar-refractivity contribution in [2.75, 3.05) is 33.0 Å². The molecule has 1 saturated heterocycles. The third-order valence-electron chi connectivity index (χ3n) is 5.01. The van der Waals surface area contributed by atoms with Gasteiger partial charge in [0.1, 0.15) is 0 Å². The summed E-state index contributed by atoms with van der Waals surface area (Å²) in [5, 5.41) is 9.22. The minimum Gasteiger partial charge on any atom is -0.396 e. The van der Waals surface area contributed by atoms with Crippen LogP contribution in [0.3, 0.4) is 0 Å². The highest BCUT2D eigenvalue weighted by molar-refractivity contribution is 4.69. The molecule has 25 heavy (non-hydrogen) atoms. The maximum absolute atomic E-state index is 9.22. The second-order valence-electron chi connectivity index (χ2n) is 9.12. The molecule has 0 aromatic heterocycles. The van der Waals surface area contributed by atoms with Crippen LogP contribution in [0, 0.1) is 10.8 Å². The Labute approximate surface area is 155 Å². The van der Waals surface area contributed by atoms with E-state index < -0.39 is 0 Å². The minimum absolute atomic E-state index is 0.0205. The van der Waals surface area contributed by atoms with Crippen molar-refractivity contribution in [3.63, 3.8) is 0 Å². The van der Waals surface area contributed by atoms with E-state index in [-0.39, 0.29) is 23.7 Å². The molecule has 4 heteroatoms. The lowest BCUT2D eigenvalue weighted by molar-refractivity contribution is -0.176. The van der Waals surface area contributed by atoms with Gasteiger partial charge in [0.05, 0.1) is 6.61 Å². The van der Waals surface area contributed by atoms with Crippen LogP contribution in [0.5, 0.6) is 0 Å². The van der Waals surface area contributed by atoms with Gasteiger partial charge in [0.2, 0.25) is 0 Å². The summed E-state index contributed by atoms with van der Waals surface area (Å²) >= 11 is 0. The summed E-state index contributed by atoms with van der Waals surface area (Å²) < 4.78 is 17.3. The lowest BCUT2D eigenvalue weighted by Crippen LogP contribution is -2.28. The Bertz CT molecular complexity index is 322. The highest BCUT2D eigenvalue weighted by Crippen LogP contribution is 2.26. The number of hydrogen-bond acceptors (Lipinski definition) is 4. The largest absolute Gasteiger partial charge is 0.396 e. The van der Waals surface area contributed by atoms with Crippen LogP contribution in [0.15, 0.2) is 0 Å². The maximum Gasteiger partial charge on any atom is 0.157 e. The summed E-state index contributed by atoms with van der Waals surface area (Å²) in [6.07, 6.45) is 10.2. The molecule has 0 radical (unpaired) electrons. The molecule has 4 nitrogen and oxygen atoms in total. The normalized spacial score (nSPS) is 19.3. The summed E-state index contributed by atoms with van der Waals surface area (Å²) in [6.45, 7) is 12.4. The lowest BCUT2D eigenvalue weighted by atomic mass is 9.88. The summed E-state index contributed by atoms with van der Waals surface area (Å²) in [7, 11) is 0. The molecule has 1 N–H and O–H groups in total. The average molecular weight is 359 g/mol. The molecular formula is C21H42O4. The van der Waals surface area contributed by atoms with E-state index in [1.54, 1.807) is 0 Å². The Morgan fingerprint density at radius 3 is 2.12 bits per heavy atom. The molecule has 1 unspecified atom stereocenters. The molecule has 0 aromatic carbocycles. The van der Waals surface area contributed by atoms with Crippen LogP contribution < -0.4 is 0 Å². The zero-order chi connectivity index (χ0) is 18.6. The van der Waals surface area contributed by atoms with E-state index in [0.29, 0.717) is 0 Å². The number of aliphatic hydroxyl groups excluding tert-OH is 1. The van der Waals surface area contributed by atoms with Crippen molar-refractivity contribution in [2.24, 2.45) is 10.8 Å². The molecule has 0 aromatic rings. The smallest absolute Gasteiger partial charge is 0.157 e. The van der Waals surface area contributed by atoms with E-state index >= 15 is 0 Å². The molecule has 0 amide bonds. The van der Waals surface area contributed by atoms with E-state index in [2.05, 4.69) is 27.7 Å². The molecule has 0 bridgehead atoms. The Kier molecular flexibility index (Phi) is 11.2. The quantitative estimate of drug-likeness (QED) is 0.447. The monoisotopic (exact) mass is 358 g/mol. The van der Waals surface area contributed by atoms with E-state index in [9.17, 15) is 5.11 Å². The zero-order valence-corrected chi connectivity index (χ0v) is 17.1. The van der Waals surface area contributed by atoms with Gasteiger partial charge in [0, 0.05) is 26.4 Å². The Morgan fingerprint density at radius 2 is 1.56 bits per heavy atom. The van der Waals surface area contributed by atoms with Crippen molar-refractivity contribution >= 4 is 0 Å². The van der Waals surface area contributed by atoms with Gasteiger partial charge in [-0.2, -0.15) is 0 Å². The average Bonchev–Trinajstić information content (AvgIpc) is 2.59. The van der Waals surface area contributed by atoms with Crippen LogP contribution in [0.4, 0.5) is 0 Å². The van der Waals surface area contributed by atoms with Gasteiger partial charge in [-0.25, -0.2) is 0 Å². The van der Waals surface area contributed by atoms with Gasteiger partial charge in [0.25, 0.3) is 0 Å². The van der Waals surface area contributed by atoms with Crippen LogP contribution in [-0.2, 0) is 14.2 Å². The molecule has 1 rings (SSSR count). The maximum atomic E-state index is 9.22. The molecule has 1 aliphatic rings. The van der Waals surface area contributed by atoms with E-state index in [0.717, 1.165) is 65.0 Å². The Hall–Kier alpha value is -0.160. The van der Waals surface area contributed by atoms with Gasteiger partial charge >= 0.3 is 0 Å². The minimum atomic E-state index is 0.0205. The topological polar surface area (TPSA) is 47.9 Å². The van der Waals surface area contributed by atoms with Crippen molar-refractivity contribution in [1.82, 2.24) is 0 Å². The summed E-state index contributed by atoms with van der Waals surface area (Å²) in [5.74, 6) is 0. The second-order valence-corrected chi connectivity index (χ2v) is 9.12. The predicted octanol–water partition coefficient (Wildman–Crippen LogP) is 4.93. The number of rotatable bonds is 14. The summed E-state index contributed by atoms with van der Waals surface area (Å²) in [5.41, 5.74) is 0.257. The molecule has 0 saturated carbocycles. The number of aliphatic hydroxyl groups is 1. The number of unbranched alkanes of at least 4 members (excludes halogenated alkanes) is 2. The fourth-order valence-corrected chi connectivity index (χ4v) is 3.03. The van der Waals surface area contributed by atoms with E-state index in [4.69, 9.17) is 14.2 Å². The Balaban J connectivity index is 1.93. The van der Waals surface area contributed by atoms with Gasteiger partial charge in [-0.05, 0) is 55.8 Å². The fourth-order valence-electron chi connectivity index (χ4n) is 3.03. The first-order chi connectivity index (χ1) is 11.8. The molecule has 150 valence electrons. The van der Waals surface area contributed by atoms with Gasteiger partial charge in [-0.1, -0.05) is 40.5 Å². The van der Waals surface area contributed by atoms with Crippen LogP contribution >= 0.6 is 0 Å². The van der Waals surface area contributed by atoms with Crippen molar-refractivity contribution < 1.29 is 19.3 Å². The second kappa shape index (κ2) is 12.3. The Morgan fingerprint density at radius 1 is 0.920 bits per heavy atom. The van der Waals surface area contributed by atoms with Crippen LogP contribution in [-0.4, -0.2) is 44.4 Å². The molecule has 1 heterocycles. The zero-order valence-electron chi connectivity index (χ0n) is 17.1. The van der Waals surface area contributed by atoms with Crippen molar-refractivity contribution in [2.45, 2.75) is 91.8 Å². The predicted molar refractivity (Wildman–Crippen MR) is 103 cm³/mol. The SMILES string of the molecule is CC(C)(CO)CCCCOCCCCC(C)(C)COC1CCCCO1. The molecule has 1 aliphatic heterocycles. The van der Waals surface area contributed by atoms with Crippen LogP contribution in [0.1, 0.15) is 85.5 Å². The lowest BCUT2D eigenvalue weighted by Gasteiger charge is -2.29. The first-order valence-electron chi connectivity index (χ1n) is 10.3. The van der Waals surface area contributed by atoms with Gasteiger partial charge in [-0.15, -0.1) is 0 Å². The van der Waals surface area contributed by atoms with E-state index in [1.807, 2.05) is 0 Å². The molecular weight excluding hydrogens is 316 g/mol. The van der Waals surface area contributed by atoms with Crippen LogP contribution in [0.2, 0.25) is 0 Å². The fraction of sp³-hybridized carbons (Fsp3) is 1.00. The standard InChI is InChI=1S/C21H42O4/c1-20(2,17-22)12-6-9-14-23-15-10-7-13-21(3,4)18-25-19-11-5-8-16-24-19/h19,22H,5-18H2,1-4H3. The third-order valence-corrected chi connectivity index (χ3v) is 5.01. The highest BCUT2D eigenvalue weighted by atomic mass is 16.7. The van der Waals surface area contributed by atoms with Crippen molar-refractivity contribution in [3.05, 3.63) is 0 Å². The molecule has 0 aliphatic carbocycles.